The van der Waals surface area contributed by atoms with Crippen LogP contribution >= 0.6 is 11.3 Å². The standard InChI is InChI=1S/C17H12F4N2O2S2/c1-10-22-16(9-26-10)12-4-2-3-5-15(12)23-27(24,25)11-6-7-14(18)13(8-11)17(19,20)21/h2-9,23H,1H3. The number of thiazole rings is 1. The summed E-state index contributed by atoms with van der Waals surface area (Å²) in [6, 6.07) is 7.89. The Hall–Kier alpha value is -2.46. The molecule has 4 nitrogen and oxygen atoms in total. The van der Waals surface area contributed by atoms with Crippen LogP contribution in [0.25, 0.3) is 11.3 Å². The largest absolute Gasteiger partial charge is 0.419 e. The minimum atomic E-state index is -5.01. The van der Waals surface area contributed by atoms with Crippen molar-refractivity contribution >= 4 is 27.0 Å². The van der Waals surface area contributed by atoms with Crippen molar-refractivity contribution in [3.8, 4) is 11.3 Å². The van der Waals surface area contributed by atoms with Gasteiger partial charge in [0, 0.05) is 10.9 Å². The molecule has 2 aromatic carbocycles. The molecule has 10 heteroatoms. The van der Waals surface area contributed by atoms with Gasteiger partial charge < -0.3 is 0 Å². The number of sulfonamides is 1. The highest BCUT2D eigenvalue weighted by molar-refractivity contribution is 7.92. The van der Waals surface area contributed by atoms with E-state index in [-0.39, 0.29) is 11.8 Å². The number of nitrogens with one attached hydrogen (secondary N) is 1. The van der Waals surface area contributed by atoms with E-state index < -0.39 is 32.5 Å². The monoisotopic (exact) mass is 416 g/mol. The van der Waals surface area contributed by atoms with Crippen LogP contribution in [0, 0.1) is 12.7 Å². The summed E-state index contributed by atoms with van der Waals surface area (Å²) in [5.41, 5.74) is -0.482. The summed E-state index contributed by atoms with van der Waals surface area (Å²) in [5.74, 6) is -1.54. The Kier molecular flexibility index (Phi) is 4.96. The highest BCUT2D eigenvalue weighted by atomic mass is 32.2. The van der Waals surface area contributed by atoms with Gasteiger partial charge in [-0.1, -0.05) is 18.2 Å². The zero-order chi connectivity index (χ0) is 19.8. The summed E-state index contributed by atoms with van der Waals surface area (Å²) in [6.45, 7) is 1.79. The van der Waals surface area contributed by atoms with E-state index in [0.29, 0.717) is 17.3 Å². The van der Waals surface area contributed by atoms with Crippen molar-refractivity contribution < 1.29 is 26.0 Å². The zero-order valence-corrected chi connectivity index (χ0v) is 15.3. The fourth-order valence-electron chi connectivity index (χ4n) is 2.38. The number of para-hydroxylation sites is 1. The van der Waals surface area contributed by atoms with Gasteiger partial charge in [0.1, 0.15) is 5.82 Å². The zero-order valence-electron chi connectivity index (χ0n) is 13.7. The molecule has 0 saturated carbocycles. The van der Waals surface area contributed by atoms with E-state index in [9.17, 15) is 26.0 Å². The third-order valence-corrected chi connectivity index (χ3v) is 5.76. The van der Waals surface area contributed by atoms with Crippen LogP contribution in [0.5, 0.6) is 0 Å². The minimum absolute atomic E-state index is 0.153. The van der Waals surface area contributed by atoms with Crippen LogP contribution in [0.15, 0.2) is 52.7 Å². The lowest BCUT2D eigenvalue weighted by Gasteiger charge is -2.13. The molecule has 0 bridgehead atoms. The molecule has 3 rings (SSSR count). The first-order chi connectivity index (χ1) is 12.6. The Morgan fingerprint density at radius 3 is 2.44 bits per heavy atom. The molecular formula is C17H12F4N2O2S2. The van der Waals surface area contributed by atoms with Crippen LogP contribution in [0.4, 0.5) is 23.2 Å². The Labute approximate surface area is 156 Å². The fraction of sp³-hybridized carbons (Fsp3) is 0.118. The van der Waals surface area contributed by atoms with E-state index in [0.717, 1.165) is 11.1 Å². The predicted octanol–water partition coefficient (Wildman–Crippen LogP) is 5.08. The molecular weight excluding hydrogens is 404 g/mol. The maximum atomic E-state index is 13.4. The summed E-state index contributed by atoms with van der Waals surface area (Å²) in [7, 11) is -4.38. The molecule has 0 radical (unpaired) electrons. The Morgan fingerprint density at radius 1 is 1.11 bits per heavy atom. The third kappa shape index (κ3) is 4.11. The van der Waals surface area contributed by atoms with Crippen molar-refractivity contribution in [1.82, 2.24) is 4.98 Å². The normalized spacial score (nSPS) is 12.2. The molecule has 0 amide bonds. The van der Waals surface area contributed by atoms with Crippen LogP contribution in [0.2, 0.25) is 0 Å². The van der Waals surface area contributed by atoms with Gasteiger partial charge in [0.05, 0.1) is 26.8 Å². The van der Waals surface area contributed by atoms with Crippen molar-refractivity contribution in [2.45, 2.75) is 18.0 Å². The topological polar surface area (TPSA) is 59.1 Å². The summed E-state index contributed by atoms with van der Waals surface area (Å²) >= 11 is 1.37. The van der Waals surface area contributed by atoms with Crippen molar-refractivity contribution in [2.24, 2.45) is 0 Å². The van der Waals surface area contributed by atoms with Gasteiger partial charge in [-0.25, -0.2) is 17.8 Å². The number of alkyl halides is 3. The molecule has 1 aromatic heterocycles. The Morgan fingerprint density at radius 2 is 1.81 bits per heavy atom. The third-order valence-electron chi connectivity index (χ3n) is 3.62. The molecule has 0 atom stereocenters. The van der Waals surface area contributed by atoms with E-state index >= 15 is 0 Å². The fourth-order valence-corrected chi connectivity index (χ4v) is 4.09. The van der Waals surface area contributed by atoms with Crippen LogP contribution in [0.3, 0.4) is 0 Å². The molecule has 0 aliphatic heterocycles. The van der Waals surface area contributed by atoms with Gasteiger partial charge in [0.2, 0.25) is 0 Å². The maximum Gasteiger partial charge on any atom is 0.419 e. The lowest BCUT2D eigenvalue weighted by molar-refractivity contribution is -0.140. The molecule has 1 N–H and O–H groups in total. The molecule has 0 aliphatic rings. The van der Waals surface area contributed by atoms with Crippen LogP contribution in [-0.4, -0.2) is 13.4 Å². The van der Waals surface area contributed by atoms with Crippen molar-refractivity contribution in [1.29, 1.82) is 0 Å². The second kappa shape index (κ2) is 6.93. The average molecular weight is 416 g/mol. The second-order valence-electron chi connectivity index (χ2n) is 5.54. The number of anilines is 1. The maximum absolute atomic E-state index is 13.4. The Balaban J connectivity index is 2.02. The lowest BCUT2D eigenvalue weighted by atomic mass is 10.1. The molecule has 1 heterocycles. The van der Waals surface area contributed by atoms with E-state index in [1.54, 1.807) is 30.5 Å². The molecule has 3 aromatic rings. The van der Waals surface area contributed by atoms with Gasteiger partial charge in [-0.05, 0) is 31.2 Å². The van der Waals surface area contributed by atoms with Gasteiger partial charge in [0.15, 0.2) is 0 Å². The summed E-state index contributed by atoms with van der Waals surface area (Å²) in [6.07, 6.45) is -5.01. The number of hydrogen-bond donors (Lipinski definition) is 1. The summed E-state index contributed by atoms with van der Waals surface area (Å²) in [5, 5.41) is 2.51. The van der Waals surface area contributed by atoms with Crippen molar-refractivity contribution in [3.05, 3.63) is 64.2 Å². The van der Waals surface area contributed by atoms with Gasteiger partial charge in [-0.2, -0.15) is 13.2 Å². The summed E-state index contributed by atoms with van der Waals surface area (Å²) in [4.78, 5) is 3.59. The van der Waals surface area contributed by atoms with Gasteiger partial charge in [-0.15, -0.1) is 11.3 Å². The summed E-state index contributed by atoms with van der Waals surface area (Å²) < 4.78 is 79.4. The quantitative estimate of drug-likeness (QED) is 0.604. The van der Waals surface area contributed by atoms with Gasteiger partial charge >= 0.3 is 6.18 Å². The van der Waals surface area contributed by atoms with Crippen LogP contribution in [0.1, 0.15) is 10.6 Å². The Bertz CT molecular complexity index is 1090. The first kappa shape index (κ1) is 19.3. The molecule has 142 valence electrons. The number of benzene rings is 2. The lowest BCUT2D eigenvalue weighted by Crippen LogP contribution is -2.16. The van der Waals surface area contributed by atoms with Crippen LogP contribution in [-0.2, 0) is 16.2 Å². The minimum Gasteiger partial charge on any atom is -0.279 e. The number of rotatable bonds is 4. The predicted molar refractivity (Wildman–Crippen MR) is 94.5 cm³/mol. The highest BCUT2D eigenvalue weighted by Crippen LogP contribution is 2.34. The number of aryl methyl sites for hydroxylation is 1. The average Bonchev–Trinajstić information content (AvgIpc) is 3.00. The second-order valence-corrected chi connectivity index (χ2v) is 8.29. The smallest absolute Gasteiger partial charge is 0.279 e. The molecule has 27 heavy (non-hydrogen) atoms. The molecule has 0 unspecified atom stereocenters. The molecule has 0 aliphatic carbocycles. The number of halogens is 4. The van der Waals surface area contributed by atoms with Crippen LogP contribution < -0.4 is 4.72 Å². The van der Waals surface area contributed by atoms with E-state index in [1.165, 1.54) is 17.4 Å². The van der Waals surface area contributed by atoms with Gasteiger partial charge in [-0.3, -0.25) is 4.72 Å². The highest BCUT2D eigenvalue weighted by Gasteiger charge is 2.35. The number of nitrogens with zero attached hydrogens (tertiary/aromatic N) is 1. The van der Waals surface area contributed by atoms with E-state index in [4.69, 9.17) is 0 Å². The van der Waals surface area contributed by atoms with Gasteiger partial charge in [0.25, 0.3) is 10.0 Å². The van der Waals surface area contributed by atoms with Crippen molar-refractivity contribution in [2.75, 3.05) is 4.72 Å². The molecule has 0 saturated heterocycles. The number of hydrogen-bond acceptors (Lipinski definition) is 4. The number of aromatic nitrogens is 1. The molecule has 0 spiro atoms. The molecule has 0 fully saturated rings. The first-order valence-electron chi connectivity index (χ1n) is 7.49. The SMILES string of the molecule is Cc1nc(-c2ccccc2NS(=O)(=O)c2ccc(F)c(C(F)(F)F)c2)cs1. The van der Waals surface area contributed by atoms with E-state index in [1.807, 2.05) is 0 Å². The van der Waals surface area contributed by atoms with E-state index in [2.05, 4.69) is 9.71 Å². The van der Waals surface area contributed by atoms with Crippen molar-refractivity contribution in [3.63, 3.8) is 0 Å². The first-order valence-corrected chi connectivity index (χ1v) is 9.85.